The minimum Gasteiger partial charge on any atom is -0.380 e. The number of hydrogen-bond acceptors (Lipinski definition) is 3. The molecule has 1 aliphatic carbocycles. The molecule has 0 aliphatic heterocycles. The monoisotopic (exact) mass is 299 g/mol. The molecule has 5 heteroatoms. The van der Waals surface area contributed by atoms with Crippen molar-refractivity contribution in [1.82, 2.24) is 9.78 Å². The van der Waals surface area contributed by atoms with Crippen molar-refractivity contribution in [3.63, 3.8) is 0 Å². The number of halogens is 1. The molecule has 0 aromatic carbocycles. The third-order valence-electron chi connectivity index (χ3n) is 3.45. The van der Waals surface area contributed by atoms with E-state index in [-0.39, 0.29) is 5.56 Å². The largest absolute Gasteiger partial charge is 0.380 e. The lowest BCUT2D eigenvalue weighted by atomic mass is 9.87. The summed E-state index contributed by atoms with van der Waals surface area (Å²) in [4.78, 5) is 11.7. The number of aromatic nitrogens is 2. The number of anilines is 1. The maximum Gasteiger partial charge on any atom is 0.282 e. The van der Waals surface area contributed by atoms with E-state index < -0.39 is 0 Å². The van der Waals surface area contributed by atoms with Gasteiger partial charge in [0.2, 0.25) is 0 Å². The van der Waals surface area contributed by atoms with Crippen LogP contribution in [0.3, 0.4) is 0 Å². The van der Waals surface area contributed by atoms with Crippen molar-refractivity contribution in [2.75, 3.05) is 5.32 Å². The maximum atomic E-state index is 11.7. The molecule has 1 N–H and O–H groups in total. The van der Waals surface area contributed by atoms with Crippen molar-refractivity contribution in [1.29, 1.82) is 0 Å². The summed E-state index contributed by atoms with van der Waals surface area (Å²) >= 11 is 3.33. The van der Waals surface area contributed by atoms with Crippen molar-refractivity contribution in [2.45, 2.75) is 38.6 Å². The van der Waals surface area contributed by atoms with Crippen LogP contribution in [-0.4, -0.2) is 15.8 Å². The molecule has 0 atom stereocenters. The van der Waals surface area contributed by atoms with Gasteiger partial charge in [0.25, 0.3) is 5.56 Å². The summed E-state index contributed by atoms with van der Waals surface area (Å²) in [6.07, 6.45) is 6.57. The number of aryl methyl sites for hydroxylation is 1. The minimum absolute atomic E-state index is 0.0980. The zero-order valence-electron chi connectivity index (χ0n) is 10.2. The first-order valence-corrected chi connectivity index (χ1v) is 6.85. The van der Waals surface area contributed by atoms with Gasteiger partial charge in [0.1, 0.15) is 4.47 Å². The van der Waals surface area contributed by atoms with Gasteiger partial charge < -0.3 is 5.32 Å². The first-order valence-electron chi connectivity index (χ1n) is 6.06. The average molecular weight is 300 g/mol. The van der Waals surface area contributed by atoms with Gasteiger partial charge in [0.15, 0.2) is 0 Å². The Morgan fingerprint density at radius 3 is 2.71 bits per heavy atom. The maximum absolute atomic E-state index is 11.7. The van der Waals surface area contributed by atoms with Crippen molar-refractivity contribution >= 4 is 21.6 Å². The van der Waals surface area contributed by atoms with Gasteiger partial charge >= 0.3 is 0 Å². The van der Waals surface area contributed by atoms with E-state index in [0.29, 0.717) is 10.5 Å². The fourth-order valence-electron chi connectivity index (χ4n) is 2.24. The Kier molecular flexibility index (Phi) is 3.86. The first-order chi connectivity index (χ1) is 8.08. The lowest BCUT2D eigenvalue weighted by Gasteiger charge is -2.27. The zero-order valence-corrected chi connectivity index (χ0v) is 11.8. The molecule has 0 radical (unpaired) electrons. The Bertz CT molecular complexity index is 450. The summed E-state index contributed by atoms with van der Waals surface area (Å²) < 4.78 is 1.91. The standard InChI is InChI=1S/C12H18BrN3O/c1-8-3-5-9(6-4-8)15-10-7-14-16(2)12(17)11(10)13/h7-9,15H,3-6H2,1-2H3. The van der Waals surface area contributed by atoms with E-state index in [1.54, 1.807) is 13.2 Å². The number of hydrogen-bond donors (Lipinski definition) is 1. The third-order valence-corrected chi connectivity index (χ3v) is 4.22. The van der Waals surface area contributed by atoms with E-state index in [9.17, 15) is 4.79 Å². The van der Waals surface area contributed by atoms with Gasteiger partial charge in [-0.05, 0) is 47.5 Å². The van der Waals surface area contributed by atoms with Crippen LogP contribution in [0.25, 0.3) is 0 Å². The Morgan fingerprint density at radius 2 is 2.06 bits per heavy atom. The number of nitrogens with one attached hydrogen (secondary N) is 1. The van der Waals surface area contributed by atoms with Crippen LogP contribution in [0.1, 0.15) is 32.6 Å². The van der Waals surface area contributed by atoms with E-state index >= 15 is 0 Å². The molecular weight excluding hydrogens is 282 g/mol. The van der Waals surface area contributed by atoms with Gasteiger partial charge in [-0.2, -0.15) is 5.10 Å². The van der Waals surface area contributed by atoms with Crippen molar-refractivity contribution in [2.24, 2.45) is 13.0 Å². The first kappa shape index (κ1) is 12.6. The second-order valence-electron chi connectivity index (χ2n) is 4.90. The molecule has 1 saturated carbocycles. The summed E-state index contributed by atoms with van der Waals surface area (Å²) in [5, 5.41) is 7.45. The molecule has 1 aliphatic rings. The topological polar surface area (TPSA) is 46.9 Å². The molecule has 17 heavy (non-hydrogen) atoms. The van der Waals surface area contributed by atoms with E-state index in [0.717, 1.165) is 11.6 Å². The Hall–Kier alpha value is -0.840. The Balaban J connectivity index is 2.09. The van der Waals surface area contributed by atoms with Crippen molar-refractivity contribution < 1.29 is 0 Å². The molecule has 0 saturated heterocycles. The fourth-order valence-corrected chi connectivity index (χ4v) is 2.71. The lowest BCUT2D eigenvalue weighted by Crippen LogP contribution is -2.28. The fraction of sp³-hybridized carbons (Fsp3) is 0.667. The van der Waals surface area contributed by atoms with Crippen LogP contribution in [-0.2, 0) is 7.05 Å². The van der Waals surface area contributed by atoms with Crippen molar-refractivity contribution in [3.05, 3.63) is 21.0 Å². The van der Waals surface area contributed by atoms with Crippen LogP contribution >= 0.6 is 15.9 Å². The van der Waals surface area contributed by atoms with Crippen LogP contribution < -0.4 is 10.9 Å². The zero-order chi connectivity index (χ0) is 12.4. The van der Waals surface area contributed by atoms with Gasteiger partial charge in [-0.25, -0.2) is 4.68 Å². The molecule has 1 aromatic heterocycles. The molecule has 1 aromatic rings. The highest BCUT2D eigenvalue weighted by Gasteiger charge is 2.19. The highest BCUT2D eigenvalue weighted by molar-refractivity contribution is 9.10. The summed E-state index contributed by atoms with van der Waals surface area (Å²) in [5.41, 5.74) is 0.715. The second kappa shape index (κ2) is 5.21. The Morgan fingerprint density at radius 1 is 1.41 bits per heavy atom. The van der Waals surface area contributed by atoms with Gasteiger partial charge in [0, 0.05) is 13.1 Å². The number of nitrogens with zero attached hydrogens (tertiary/aromatic N) is 2. The normalized spacial score (nSPS) is 24.6. The average Bonchev–Trinajstić information content (AvgIpc) is 2.33. The van der Waals surface area contributed by atoms with Gasteiger partial charge in [-0.3, -0.25) is 4.79 Å². The summed E-state index contributed by atoms with van der Waals surface area (Å²) in [7, 11) is 1.65. The predicted octanol–water partition coefficient (Wildman–Crippen LogP) is 2.53. The molecule has 0 amide bonds. The lowest BCUT2D eigenvalue weighted by molar-refractivity contribution is 0.361. The molecule has 1 fully saturated rings. The molecule has 4 nitrogen and oxygen atoms in total. The summed E-state index contributed by atoms with van der Waals surface area (Å²) in [5.74, 6) is 0.832. The molecule has 0 spiro atoms. The summed E-state index contributed by atoms with van der Waals surface area (Å²) in [6, 6.07) is 0.469. The van der Waals surface area contributed by atoms with Crippen molar-refractivity contribution in [3.8, 4) is 0 Å². The highest BCUT2D eigenvalue weighted by Crippen LogP contribution is 2.27. The summed E-state index contributed by atoms with van der Waals surface area (Å²) in [6.45, 7) is 2.30. The van der Waals surface area contributed by atoms with E-state index in [2.05, 4.69) is 33.3 Å². The van der Waals surface area contributed by atoms with Crippen LogP contribution in [0.15, 0.2) is 15.5 Å². The molecular formula is C12H18BrN3O. The van der Waals surface area contributed by atoms with Gasteiger partial charge in [-0.15, -0.1) is 0 Å². The Labute approximate surface area is 110 Å². The molecule has 0 unspecified atom stereocenters. The van der Waals surface area contributed by atoms with Gasteiger partial charge in [-0.1, -0.05) is 6.92 Å². The van der Waals surface area contributed by atoms with E-state index in [1.165, 1.54) is 30.4 Å². The predicted molar refractivity (Wildman–Crippen MR) is 72.2 cm³/mol. The van der Waals surface area contributed by atoms with Crippen LogP contribution in [0.4, 0.5) is 5.69 Å². The van der Waals surface area contributed by atoms with Crippen LogP contribution in [0, 0.1) is 5.92 Å². The smallest absolute Gasteiger partial charge is 0.282 e. The van der Waals surface area contributed by atoms with Crippen LogP contribution in [0.2, 0.25) is 0 Å². The minimum atomic E-state index is -0.0980. The quantitative estimate of drug-likeness (QED) is 0.913. The van der Waals surface area contributed by atoms with Gasteiger partial charge in [0.05, 0.1) is 11.9 Å². The van der Waals surface area contributed by atoms with E-state index in [4.69, 9.17) is 0 Å². The second-order valence-corrected chi connectivity index (χ2v) is 5.70. The molecule has 94 valence electrons. The van der Waals surface area contributed by atoms with E-state index in [1.807, 2.05) is 0 Å². The SMILES string of the molecule is CC1CCC(Nc2cnn(C)c(=O)c2Br)CC1. The molecule has 2 rings (SSSR count). The molecule has 0 bridgehead atoms. The van der Waals surface area contributed by atoms with Crippen LogP contribution in [0.5, 0.6) is 0 Å². The number of rotatable bonds is 2. The molecule has 1 heterocycles. The highest BCUT2D eigenvalue weighted by atomic mass is 79.9. The third kappa shape index (κ3) is 2.89.